The number of nitrogens with zero attached hydrogens (tertiary/aromatic N) is 3. The molecule has 5 aromatic rings. The van der Waals surface area contributed by atoms with Gasteiger partial charge in [-0.05, 0) is 50.1 Å². The van der Waals surface area contributed by atoms with Crippen LogP contribution in [0.25, 0.3) is 22.0 Å². The monoisotopic (exact) mass is 598 g/mol. The van der Waals surface area contributed by atoms with Crippen molar-refractivity contribution < 1.29 is 17.5 Å². The number of benzene rings is 3. The number of aromatic nitrogens is 3. The van der Waals surface area contributed by atoms with E-state index in [2.05, 4.69) is 25.3 Å². The van der Waals surface area contributed by atoms with Gasteiger partial charge in [-0.3, -0.25) is 4.72 Å². The fourth-order valence-electron chi connectivity index (χ4n) is 5.22. The van der Waals surface area contributed by atoms with Gasteiger partial charge in [0.25, 0.3) is 0 Å². The third-order valence-electron chi connectivity index (χ3n) is 7.32. The van der Waals surface area contributed by atoms with Crippen molar-refractivity contribution in [3.8, 4) is 22.9 Å². The van der Waals surface area contributed by atoms with E-state index in [-0.39, 0.29) is 34.7 Å². The highest BCUT2D eigenvalue weighted by molar-refractivity contribution is 7.91. The normalized spacial score (nSPS) is 15.3. The molecule has 1 aliphatic heterocycles. The summed E-state index contributed by atoms with van der Waals surface area (Å²) in [4.78, 5) is 13.6. The Morgan fingerprint density at radius 2 is 1.77 bits per heavy atom. The molecule has 1 aliphatic rings. The molecule has 1 fully saturated rings. The summed E-state index contributed by atoms with van der Waals surface area (Å²) in [7, 11) is -3.92. The first-order valence-corrected chi connectivity index (χ1v) is 15.7. The van der Waals surface area contributed by atoms with Gasteiger partial charge in [0.15, 0.2) is 5.82 Å². The summed E-state index contributed by atoms with van der Waals surface area (Å²) in [6, 6.07) is 21.3. The summed E-state index contributed by atoms with van der Waals surface area (Å²) < 4.78 is 51.0. The standard InChI is InChI=1S/C32H31FN6O3S/c1-21-28(33)29(39-43(40,41)20-22-9-3-2-4-10-22)24-12-5-6-13-25(24)30(21)42-31-26(14-8-17-35-31)27-15-18-36-32(38-27)37-23-11-7-16-34-19-23/h2-6,8-10,12-15,17-18,23,34,39H,7,11,16,19-20H2,1H3,(H,36,37,38). The molecular weight excluding hydrogens is 567 g/mol. The smallest absolute Gasteiger partial charge is 0.237 e. The van der Waals surface area contributed by atoms with Crippen molar-refractivity contribution in [2.24, 2.45) is 0 Å². The lowest BCUT2D eigenvalue weighted by Gasteiger charge is -2.23. The molecule has 9 nitrogen and oxygen atoms in total. The number of hydrogen-bond donors (Lipinski definition) is 3. The highest BCUT2D eigenvalue weighted by Crippen LogP contribution is 2.42. The Morgan fingerprint density at radius 1 is 0.977 bits per heavy atom. The van der Waals surface area contributed by atoms with Crippen molar-refractivity contribution in [3.63, 3.8) is 0 Å². The Hall–Kier alpha value is -4.61. The zero-order chi connectivity index (χ0) is 29.8. The largest absolute Gasteiger partial charge is 0.437 e. The van der Waals surface area contributed by atoms with Crippen molar-refractivity contribution in [2.75, 3.05) is 23.1 Å². The van der Waals surface area contributed by atoms with Crippen LogP contribution in [0.1, 0.15) is 24.0 Å². The fraction of sp³-hybridized carbons (Fsp3) is 0.219. The van der Waals surface area contributed by atoms with Gasteiger partial charge in [0.1, 0.15) is 5.75 Å². The minimum Gasteiger partial charge on any atom is -0.437 e. The molecule has 0 saturated carbocycles. The third-order valence-corrected chi connectivity index (χ3v) is 8.55. The van der Waals surface area contributed by atoms with Crippen molar-refractivity contribution in [1.82, 2.24) is 20.3 Å². The van der Waals surface area contributed by atoms with Gasteiger partial charge in [-0.25, -0.2) is 27.8 Å². The molecule has 1 saturated heterocycles. The van der Waals surface area contributed by atoms with Crippen LogP contribution in [-0.2, 0) is 15.8 Å². The van der Waals surface area contributed by atoms with E-state index >= 15 is 4.39 Å². The summed E-state index contributed by atoms with van der Waals surface area (Å²) >= 11 is 0. The predicted molar refractivity (Wildman–Crippen MR) is 166 cm³/mol. The summed E-state index contributed by atoms with van der Waals surface area (Å²) in [6.07, 6.45) is 5.37. The molecule has 0 aliphatic carbocycles. The van der Waals surface area contributed by atoms with E-state index in [1.165, 1.54) is 0 Å². The molecule has 3 heterocycles. The molecule has 220 valence electrons. The number of fused-ring (bicyclic) bond motifs is 1. The predicted octanol–water partition coefficient (Wildman–Crippen LogP) is 6.04. The minimum atomic E-state index is -3.92. The number of sulfonamides is 1. The van der Waals surface area contributed by atoms with E-state index in [0.29, 0.717) is 33.5 Å². The van der Waals surface area contributed by atoms with Gasteiger partial charge in [0, 0.05) is 41.3 Å². The van der Waals surface area contributed by atoms with Crippen LogP contribution >= 0.6 is 0 Å². The van der Waals surface area contributed by atoms with Gasteiger partial charge >= 0.3 is 0 Å². The van der Waals surface area contributed by atoms with Crippen molar-refractivity contribution in [1.29, 1.82) is 0 Å². The molecule has 0 radical (unpaired) electrons. The first-order chi connectivity index (χ1) is 20.9. The zero-order valence-corrected chi connectivity index (χ0v) is 24.4. The van der Waals surface area contributed by atoms with Crippen LogP contribution in [0.4, 0.5) is 16.0 Å². The van der Waals surface area contributed by atoms with E-state index in [1.54, 1.807) is 80.0 Å². The third kappa shape index (κ3) is 6.42. The molecule has 3 N–H and O–H groups in total. The molecule has 6 rings (SSSR count). The molecule has 0 spiro atoms. The number of anilines is 2. The number of pyridine rings is 1. The van der Waals surface area contributed by atoms with Crippen LogP contribution in [0, 0.1) is 12.7 Å². The molecule has 2 aromatic heterocycles. The van der Waals surface area contributed by atoms with Crippen LogP contribution in [0.2, 0.25) is 0 Å². The lowest BCUT2D eigenvalue weighted by Crippen LogP contribution is -2.38. The van der Waals surface area contributed by atoms with Gasteiger partial charge in [-0.2, -0.15) is 0 Å². The van der Waals surface area contributed by atoms with Crippen LogP contribution in [0.5, 0.6) is 11.6 Å². The maximum absolute atomic E-state index is 16.0. The highest BCUT2D eigenvalue weighted by atomic mass is 32.2. The molecule has 1 unspecified atom stereocenters. The van der Waals surface area contributed by atoms with Crippen molar-refractivity contribution >= 4 is 32.4 Å². The van der Waals surface area contributed by atoms with Gasteiger partial charge in [0.05, 0.1) is 22.7 Å². The highest BCUT2D eigenvalue weighted by Gasteiger charge is 2.24. The Bertz CT molecular complexity index is 1860. The number of rotatable bonds is 9. The second-order valence-corrected chi connectivity index (χ2v) is 12.2. The van der Waals surface area contributed by atoms with Crippen molar-refractivity contribution in [2.45, 2.75) is 31.6 Å². The second-order valence-electron chi connectivity index (χ2n) is 10.4. The molecular formula is C32H31FN6O3S. The maximum atomic E-state index is 16.0. The first kappa shape index (κ1) is 28.5. The zero-order valence-electron chi connectivity index (χ0n) is 23.5. The molecule has 0 amide bonds. The first-order valence-electron chi connectivity index (χ1n) is 14.1. The maximum Gasteiger partial charge on any atom is 0.237 e. The van der Waals surface area contributed by atoms with E-state index in [0.717, 1.165) is 25.9 Å². The van der Waals surface area contributed by atoms with E-state index in [4.69, 9.17) is 9.72 Å². The summed E-state index contributed by atoms with van der Waals surface area (Å²) in [6.45, 7) is 3.40. The molecule has 43 heavy (non-hydrogen) atoms. The van der Waals surface area contributed by atoms with Crippen LogP contribution in [0.3, 0.4) is 0 Å². The topological polar surface area (TPSA) is 118 Å². The van der Waals surface area contributed by atoms with Gasteiger partial charge in [-0.15, -0.1) is 0 Å². The SMILES string of the molecule is Cc1c(F)c(NS(=O)(=O)Cc2ccccc2)c2ccccc2c1Oc1ncccc1-c1ccnc(NC2CCCNC2)n1. The number of halogens is 1. The Balaban J connectivity index is 1.34. The Kier molecular flexibility index (Phi) is 8.17. The van der Waals surface area contributed by atoms with E-state index in [9.17, 15) is 8.42 Å². The average Bonchev–Trinajstić information content (AvgIpc) is 3.02. The summed E-state index contributed by atoms with van der Waals surface area (Å²) in [5.41, 5.74) is 1.81. The second kappa shape index (κ2) is 12.3. The van der Waals surface area contributed by atoms with Crippen LogP contribution < -0.4 is 20.1 Å². The number of ether oxygens (including phenoxy) is 1. The van der Waals surface area contributed by atoms with Crippen LogP contribution in [0.15, 0.2) is 85.2 Å². The van der Waals surface area contributed by atoms with Gasteiger partial charge in [-0.1, -0.05) is 54.6 Å². The van der Waals surface area contributed by atoms with Crippen LogP contribution in [-0.4, -0.2) is 42.5 Å². The molecule has 3 aromatic carbocycles. The number of piperidine rings is 1. The van der Waals surface area contributed by atoms with E-state index < -0.39 is 15.8 Å². The summed E-state index contributed by atoms with van der Waals surface area (Å²) in [5.74, 6) is -0.0435. The summed E-state index contributed by atoms with van der Waals surface area (Å²) in [5, 5.41) is 7.66. The average molecular weight is 599 g/mol. The minimum absolute atomic E-state index is 0.124. The fourth-order valence-corrected chi connectivity index (χ4v) is 6.44. The molecule has 0 bridgehead atoms. The Labute approximate surface area is 249 Å². The number of nitrogens with one attached hydrogen (secondary N) is 3. The Morgan fingerprint density at radius 3 is 2.56 bits per heavy atom. The molecule has 11 heteroatoms. The molecule has 1 atom stereocenters. The van der Waals surface area contributed by atoms with Crippen molar-refractivity contribution in [3.05, 3.63) is 102 Å². The van der Waals surface area contributed by atoms with Gasteiger partial charge in [0.2, 0.25) is 21.9 Å². The van der Waals surface area contributed by atoms with Gasteiger partial charge < -0.3 is 15.4 Å². The quantitative estimate of drug-likeness (QED) is 0.188. The lowest BCUT2D eigenvalue weighted by molar-refractivity contribution is 0.461. The van der Waals surface area contributed by atoms with E-state index in [1.807, 2.05) is 12.1 Å². The number of hydrogen-bond acceptors (Lipinski definition) is 8. The lowest BCUT2D eigenvalue weighted by atomic mass is 10.0.